The SMILES string of the molecule is CCCCn1c(-c2ccccc2)nc(-c2ccccc2)c1CN(Cc1cc(F)cc(F)c1)Cc1ccc2c(c1)OCO2. The van der Waals surface area contributed by atoms with Crippen molar-refractivity contribution in [1.29, 1.82) is 0 Å². The third-order valence-electron chi connectivity index (χ3n) is 7.43. The summed E-state index contributed by atoms with van der Waals surface area (Å²) in [4.78, 5) is 7.43. The van der Waals surface area contributed by atoms with Gasteiger partial charge >= 0.3 is 0 Å². The molecule has 0 aliphatic carbocycles. The fourth-order valence-corrected chi connectivity index (χ4v) is 5.48. The fourth-order valence-electron chi connectivity index (χ4n) is 5.48. The second kappa shape index (κ2) is 12.6. The maximum absolute atomic E-state index is 14.3. The quantitative estimate of drug-likeness (QED) is 0.162. The average molecular weight is 566 g/mol. The van der Waals surface area contributed by atoms with Gasteiger partial charge in [-0.2, -0.15) is 0 Å². The molecule has 5 aromatic rings. The highest BCUT2D eigenvalue weighted by molar-refractivity contribution is 5.68. The number of hydrogen-bond acceptors (Lipinski definition) is 4. The third kappa shape index (κ3) is 6.21. The molecule has 7 heteroatoms. The van der Waals surface area contributed by atoms with Gasteiger partial charge in [-0.25, -0.2) is 13.8 Å². The zero-order chi connectivity index (χ0) is 28.9. The van der Waals surface area contributed by atoms with Gasteiger partial charge in [0.15, 0.2) is 11.5 Å². The molecule has 6 rings (SSSR count). The molecule has 0 bridgehead atoms. The highest BCUT2D eigenvalue weighted by Crippen LogP contribution is 2.35. The summed E-state index contributed by atoms with van der Waals surface area (Å²) in [6.45, 7) is 4.58. The van der Waals surface area contributed by atoms with Crippen LogP contribution in [0.1, 0.15) is 36.6 Å². The average Bonchev–Trinajstić information content (AvgIpc) is 3.61. The van der Waals surface area contributed by atoms with Crippen molar-refractivity contribution in [3.05, 3.63) is 126 Å². The van der Waals surface area contributed by atoms with E-state index in [0.717, 1.165) is 59.4 Å². The van der Waals surface area contributed by atoms with E-state index in [1.807, 2.05) is 54.6 Å². The fraction of sp³-hybridized carbons (Fsp3) is 0.229. The van der Waals surface area contributed by atoms with Gasteiger partial charge in [-0.05, 0) is 41.8 Å². The number of hydrogen-bond donors (Lipinski definition) is 0. The molecule has 214 valence electrons. The number of aromatic nitrogens is 2. The Hall–Kier alpha value is -4.49. The molecule has 4 aromatic carbocycles. The highest BCUT2D eigenvalue weighted by atomic mass is 19.1. The maximum Gasteiger partial charge on any atom is 0.231 e. The van der Waals surface area contributed by atoms with E-state index in [1.165, 1.54) is 12.1 Å². The van der Waals surface area contributed by atoms with Gasteiger partial charge in [-0.15, -0.1) is 0 Å². The van der Waals surface area contributed by atoms with Crippen LogP contribution in [0.4, 0.5) is 8.78 Å². The summed E-state index contributed by atoms with van der Waals surface area (Å²) in [5, 5.41) is 0. The molecule has 0 saturated carbocycles. The molecule has 0 amide bonds. The molecule has 0 radical (unpaired) electrons. The van der Waals surface area contributed by atoms with Crippen LogP contribution in [0.3, 0.4) is 0 Å². The van der Waals surface area contributed by atoms with Gasteiger partial charge in [0.1, 0.15) is 17.5 Å². The lowest BCUT2D eigenvalue weighted by Gasteiger charge is -2.25. The summed E-state index contributed by atoms with van der Waals surface area (Å²) in [5.74, 6) is 1.16. The summed E-state index contributed by atoms with van der Waals surface area (Å²) in [6.07, 6.45) is 2.03. The van der Waals surface area contributed by atoms with Gasteiger partial charge in [0.2, 0.25) is 6.79 Å². The molecule has 1 aliphatic heterocycles. The molecule has 1 aliphatic rings. The normalized spacial score (nSPS) is 12.3. The van der Waals surface area contributed by atoms with E-state index in [-0.39, 0.29) is 6.79 Å². The van der Waals surface area contributed by atoms with Crippen molar-refractivity contribution in [1.82, 2.24) is 14.5 Å². The van der Waals surface area contributed by atoms with Crippen molar-refractivity contribution < 1.29 is 18.3 Å². The number of benzene rings is 4. The summed E-state index contributed by atoms with van der Waals surface area (Å²) in [5.41, 5.74) is 5.63. The summed E-state index contributed by atoms with van der Waals surface area (Å²) in [6, 6.07) is 30.0. The molecule has 0 atom stereocenters. The molecule has 2 heterocycles. The molecule has 1 aromatic heterocycles. The molecular weight excluding hydrogens is 532 g/mol. The minimum Gasteiger partial charge on any atom is -0.454 e. The lowest BCUT2D eigenvalue weighted by Crippen LogP contribution is -2.25. The lowest BCUT2D eigenvalue weighted by atomic mass is 10.1. The van der Waals surface area contributed by atoms with Crippen LogP contribution < -0.4 is 9.47 Å². The third-order valence-corrected chi connectivity index (χ3v) is 7.43. The number of halogens is 2. The van der Waals surface area contributed by atoms with Crippen molar-refractivity contribution in [2.45, 2.75) is 45.9 Å². The number of fused-ring (bicyclic) bond motifs is 1. The Morgan fingerprint density at radius 3 is 2.12 bits per heavy atom. The van der Waals surface area contributed by atoms with Gasteiger partial charge < -0.3 is 14.0 Å². The van der Waals surface area contributed by atoms with Crippen LogP contribution >= 0.6 is 0 Å². The van der Waals surface area contributed by atoms with E-state index in [0.29, 0.717) is 36.7 Å². The maximum atomic E-state index is 14.3. The second-order valence-corrected chi connectivity index (χ2v) is 10.6. The molecule has 0 unspecified atom stereocenters. The first kappa shape index (κ1) is 27.7. The monoisotopic (exact) mass is 565 g/mol. The molecule has 0 fully saturated rings. The van der Waals surface area contributed by atoms with Crippen LogP contribution in [-0.2, 0) is 26.2 Å². The van der Waals surface area contributed by atoms with E-state index >= 15 is 0 Å². The number of ether oxygens (including phenoxy) is 2. The standard InChI is InChI=1S/C35H33F2N3O2/c1-2-3-16-40-31(34(27-10-6-4-7-11-27)38-35(40)28-12-8-5-9-13-28)23-39(22-26-17-29(36)20-30(37)18-26)21-25-14-15-32-33(19-25)42-24-41-32/h4-15,17-20H,2-3,16,21-24H2,1H3. The molecule has 0 saturated heterocycles. The first-order valence-corrected chi connectivity index (χ1v) is 14.3. The Bertz CT molecular complexity index is 1630. The van der Waals surface area contributed by atoms with E-state index < -0.39 is 11.6 Å². The van der Waals surface area contributed by atoms with Crippen LogP contribution in [0.25, 0.3) is 22.6 Å². The molecule has 5 nitrogen and oxygen atoms in total. The van der Waals surface area contributed by atoms with Crippen LogP contribution in [-0.4, -0.2) is 21.2 Å². The Morgan fingerprint density at radius 1 is 0.738 bits per heavy atom. The largest absolute Gasteiger partial charge is 0.454 e. The first-order valence-electron chi connectivity index (χ1n) is 14.3. The zero-order valence-corrected chi connectivity index (χ0v) is 23.6. The first-order chi connectivity index (χ1) is 20.6. The smallest absolute Gasteiger partial charge is 0.231 e. The number of rotatable bonds is 11. The van der Waals surface area contributed by atoms with Gasteiger partial charge in [0.05, 0.1) is 11.4 Å². The molecule has 42 heavy (non-hydrogen) atoms. The van der Waals surface area contributed by atoms with E-state index in [1.54, 1.807) is 0 Å². The Morgan fingerprint density at radius 2 is 1.40 bits per heavy atom. The molecule has 0 N–H and O–H groups in total. The van der Waals surface area contributed by atoms with Gasteiger partial charge in [-0.3, -0.25) is 4.90 Å². The predicted molar refractivity (Wildman–Crippen MR) is 160 cm³/mol. The summed E-state index contributed by atoms with van der Waals surface area (Å²) in [7, 11) is 0. The van der Waals surface area contributed by atoms with E-state index in [2.05, 4.69) is 40.7 Å². The Labute approximate surface area is 245 Å². The highest BCUT2D eigenvalue weighted by Gasteiger charge is 2.23. The summed E-state index contributed by atoms with van der Waals surface area (Å²) < 4.78 is 42.0. The van der Waals surface area contributed by atoms with Crippen molar-refractivity contribution in [3.8, 4) is 34.1 Å². The Balaban J connectivity index is 1.45. The van der Waals surface area contributed by atoms with Crippen LogP contribution in [0.5, 0.6) is 11.5 Å². The van der Waals surface area contributed by atoms with Crippen LogP contribution in [0, 0.1) is 11.6 Å². The topological polar surface area (TPSA) is 39.5 Å². The minimum absolute atomic E-state index is 0.199. The number of imidazole rings is 1. The zero-order valence-electron chi connectivity index (χ0n) is 23.6. The van der Waals surface area contributed by atoms with Crippen LogP contribution in [0.2, 0.25) is 0 Å². The van der Waals surface area contributed by atoms with Crippen molar-refractivity contribution in [3.63, 3.8) is 0 Å². The lowest BCUT2D eigenvalue weighted by molar-refractivity contribution is 0.174. The van der Waals surface area contributed by atoms with E-state index in [9.17, 15) is 8.78 Å². The van der Waals surface area contributed by atoms with E-state index in [4.69, 9.17) is 14.5 Å². The van der Waals surface area contributed by atoms with Gasteiger partial charge in [0.25, 0.3) is 0 Å². The van der Waals surface area contributed by atoms with Crippen molar-refractivity contribution in [2.24, 2.45) is 0 Å². The predicted octanol–water partition coefficient (Wildman–Crippen LogP) is 8.23. The minimum atomic E-state index is -0.586. The number of unbranched alkanes of at least 4 members (excludes halogenated alkanes) is 1. The van der Waals surface area contributed by atoms with Crippen LogP contribution in [0.15, 0.2) is 97.1 Å². The van der Waals surface area contributed by atoms with Crippen molar-refractivity contribution in [2.75, 3.05) is 6.79 Å². The second-order valence-electron chi connectivity index (χ2n) is 10.6. The Kier molecular flexibility index (Phi) is 8.28. The van der Waals surface area contributed by atoms with Crippen molar-refractivity contribution >= 4 is 0 Å². The number of nitrogens with zero attached hydrogens (tertiary/aromatic N) is 3. The van der Waals surface area contributed by atoms with Gasteiger partial charge in [-0.1, -0.05) is 80.1 Å². The molecule has 0 spiro atoms. The van der Waals surface area contributed by atoms with Gasteiger partial charge in [0, 0.05) is 43.4 Å². The summed E-state index contributed by atoms with van der Waals surface area (Å²) >= 11 is 0. The molecular formula is C35H33F2N3O2.